The molecule has 1 fully saturated rings. The summed E-state index contributed by atoms with van der Waals surface area (Å²) in [5, 5.41) is 3.48. The Bertz CT molecular complexity index is 519. The highest BCUT2D eigenvalue weighted by Crippen LogP contribution is 2.40. The summed E-state index contributed by atoms with van der Waals surface area (Å²) in [5.74, 6) is 0. The van der Waals surface area contributed by atoms with Gasteiger partial charge in [0.15, 0.2) is 0 Å². The van der Waals surface area contributed by atoms with Crippen molar-refractivity contribution < 1.29 is 8.78 Å². The first-order valence-electron chi connectivity index (χ1n) is 7.31. The van der Waals surface area contributed by atoms with Gasteiger partial charge in [-0.2, -0.15) is 8.78 Å². The Labute approximate surface area is 132 Å². The van der Waals surface area contributed by atoms with Crippen LogP contribution in [0.1, 0.15) is 37.3 Å². The van der Waals surface area contributed by atoms with E-state index in [0.29, 0.717) is 6.04 Å². The van der Waals surface area contributed by atoms with Gasteiger partial charge in [0.2, 0.25) is 0 Å². The molecule has 2 rings (SSSR count). The molecular formula is C16H22F2NPS. The van der Waals surface area contributed by atoms with Gasteiger partial charge in [0, 0.05) is 21.4 Å². The van der Waals surface area contributed by atoms with Crippen molar-refractivity contribution in [3.05, 3.63) is 40.3 Å². The fraction of sp³-hybridized carbons (Fsp3) is 0.500. The highest BCUT2D eigenvalue weighted by molar-refractivity contribution is 8.03. The predicted octanol–water partition coefficient (Wildman–Crippen LogP) is 5.06. The van der Waals surface area contributed by atoms with Gasteiger partial charge in [-0.25, -0.2) is 0 Å². The monoisotopic (exact) mass is 329 g/mol. The number of nitrogens with one attached hydrogen (secondary N) is 1. The molecule has 0 radical (unpaired) electrons. The normalized spacial score (nSPS) is 20.0. The molecule has 0 aliphatic carbocycles. The third kappa shape index (κ3) is 4.51. The van der Waals surface area contributed by atoms with Crippen LogP contribution >= 0.6 is 21.0 Å². The molecule has 0 aromatic heterocycles. The molecule has 1 aromatic carbocycles. The summed E-state index contributed by atoms with van der Waals surface area (Å²) in [6, 6.07) is 5.27. The molecule has 1 saturated heterocycles. The second kappa shape index (κ2) is 7.21. The Balaban J connectivity index is 2.25. The van der Waals surface area contributed by atoms with E-state index < -0.39 is 5.66 Å². The number of benzene rings is 1. The van der Waals surface area contributed by atoms with Gasteiger partial charge in [0.1, 0.15) is 0 Å². The van der Waals surface area contributed by atoms with Crippen LogP contribution in [0.3, 0.4) is 0 Å². The Morgan fingerprint density at radius 3 is 2.86 bits per heavy atom. The maximum absolute atomic E-state index is 13.5. The van der Waals surface area contributed by atoms with Crippen molar-refractivity contribution in [3.63, 3.8) is 0 Å². The molecule has 1 aromatic rings. The van der Waals surface area contributed by atoms with Crippen LogP contribution in [0.15, 0.2) is 34.1 Å². The zero-order valence-electron chi connectivity index (χ0n) is 12.5. The minimum atomic E-state index is -2.87. The maximum atomic E-state index is 13.5. The predicted molar refractivity (Wildman–Crippen MR) is 90.0 cm³/mol. The number of alkyl halides is 2. The average molecular weight is 329 g/mol. The lowest BCUT2D eigenvalue weighted by Crippen LogP contribution is -2.22. The minimum absolute atomic E-state index is 0.0517. The molecular weight excluding hydrogens is 307 g/mol. The number of halogens is 2. The number of hydrogen-bond donors (Lipinski definition) is 1. The van der Waals surface area contributed by atoms with Crippen molar-refractivity contribution in [2.75, 3.05) is 6.54 Å². The molecule has 0 saturated carbocycles. The van der Waals surface area contributed by atoms with Crippen molar-refractivity contribution in [3.8, 4) is 0 Å². The minimum Gasteiger partial charge on any atom is -0.309 e. The quantitative estimate of drug-likeness (QED) is 0.599. The summed E-state index contributed by atoms with van der Waals surface area (Å²) in [7, 11) is 1.61. The molecule has 1 heterocycles. The lowest BCUT2D eigenvalue weighted by molar-refractivity contribution is 0.104. The van der Waals surface area contributed by atoms with E-state index in [1.54, 1.807) is 33.1 Å². The molecule has 116 valence electrons. The largest absolute Gasteiger partial charge is 0.309 e. The summed E-state index contributed by atoms with van der Waals surface area (Å²) in [5.41, 5.74) is -1.78. The zero-order chi connectivity index (χ0) is 15.5. The standard InChI is InChI=1S/C16H22F2NPS/c1-3-5-14(13-6-4-9-19-13)21-15-10-12(16(17,18)20)8-7-11(15)2/h5,7-8,10,13,19H,3-4,6,9,20H2,1-2H3/b14-5+. The van der Waals surface area contributed by atoms with Crippen molar-refractivity contribution in [1.82, 2.24) is 5.32 Å². The third-order valence-corrected chi connectivity index (χ3v) is 5.29. The Kier molecular flexibility index (Phi) is 5.81. The van der Waals surface area contributed by atoms with Gasteiger partial charge in [0.25, 0.3) is 5.66 Å². The van der Waals surface area contributed by atoms with Crippen LogP contribution in [0.2, 0.25) is 0 Å². The fourth-order valence-electron chi connectivity index (χ4n) is 2.43. The first kappa shape index (κ1) is 16.9. The van der Waals surface area contributed by atoms with Gasteiger partial charge in [-0.3, -0.25) is 0 Å². The van der Waals surface area contributed by atoms with Crippen LogP contribution in [0.4, 0.5) is 8.78 Å². The Morgan fingerprint density at radius 2 is 2.29 bits per heavy atom. The van der Waals surface area contributed by atoms with Gasteiger partial charge >= 0.3 is 0 Å². The van der Waals surface area contributed by atoms with E-state index in [9.17, 15) is 8.78 Å². The van der Waals surface area contributed by atoms with Crippen LogP contribution < -0.4 is 5.32 Å². The second-order valence-electron chi connectivity index (χ2n) is 5.37. The number of aryl methyl sites for hydroxylation is 1. The number of hydrogen-bond acceptors (Lipinski definition) is 2. The van der Waals surface area contributed by atoms with E-state index in [4.69, 9.17) is 0 Å². The molecule has 1 N–H and O–H groups in total. The SMILES string of the molecule is CC/C=C(/Sc1cc(C(F)(F)P)ccc1C)C1CCCN1. The van der Waals surface area contributed by atoms with E-state index in [0.717, 1.165) is 29.8 Å². The second-order valence-corrected chi connectivity index (χ2v) is 7.21. The molecule has 2 atom stereocenters. The van der Waals surface area contributed by atoms with Gasteiger partial charge in [-0.1, -0.05) is 46.1 Å². The Morgan fingerprint density at radius 1 is 1.52 bits per heavy atom. The summed E-state index contributed by atoms with van der Waals surface area (Å²) in [6.45, 7) is 5.11. The van der Waals surface area contributed by atoms with Crippen molar-refractivity contribution in [1.29, 1.82) is 0 Å². The van der Waals surface area contributed by atoms with Gasteiger partial charge in [-0.15, -0.1) is 0 Å². The molecule has 1 aliphatic rings. The summed E-state index contributed by atoms with van der Waals surface area (Å²) >= 11 is 1.62. The highest BCUT2D eigenvalue weighted by Gasteiger charge is 2.26. The zero-order valence-corrected chi connectivity index (χ0v) is 14.4. The molecule has 0 bridgehead atoms. The lowest BCUT2D eigenvalue weighted by Gasteiger charge is -2.18. The first-order chi connectivity index (χ1) is 9.91. The molecule has 1 nitrogen and oxygen atoms in total. The first-order valence-corrected chi connectivity index (χ1v) is 8.70. The van der Waals surface area contributed by atoms with E-state index in [2.05, 4.69) is 18.3 Å². The van der Waals surface area contributed by atoms with Crippen LogP contribution in [-0.2, 0) is 5.66 Å². The van der Waals surface area contributed by atoms with Crippen molar-refractivity contribution in [2.45, 2.75) is 49.7 Å². The molecule has 21 heavy (non-hydrogen) atoms. The summed E-state index contributed by atoms with van der Waals surface area (Å²) in [4.78, 5) is 2.17. The van der Waals surface area contributed by atoms with E-state index in [1.165, 1.54) is 17.4 Å². The number of rotatable bonds is 5. The summed E-state index contributed by atoms with van der Waals surface area (Å²) in [6.07, 6.45) is 5.46. The fourth-order valence-corrected chi connectivity index (χ4v) is 3.87. The maximum Gasteiger partial charge on any atom is 0.283 e. The van der Waals surface area contributed by atoms with E-state index in [-0.39, 0.29) is 5.56 Å². The van der Waals surface area contributed by atoms with Gasteiger partial charge < -0.3 is 5.32 Å². The third-order valence-electron chi connectivity index (χ3n) is 3.61. The smallest absolute Gasteiger partial charge is 0.283 e. The van der Waals surface area contributed by atoms with Crippen LogP contribution in [-0.4, -0.2) is 12.6 Å². The highest BCUT2D eigenvalue weighted by atomic mass is 32.2. The van der Waals surface area contributed by atoms with Crippen molar-refractivity contribution >= 4 is 21.0 Å². The van der Waals surface area contributed by atoms with Crippen molar-refractivity contribution in [2.24, 2.45) is 0 Å². The van der Waals surface area contributed by atoms with Gasteiger partial charge in [0.05, 0.1) is 0 Å². The average Bonchev–Trinajstić information content (AvgIpc) is 2.93. The molecule has 0 amide bonds. The lowest BCUT2D eigenvalue weighted by atomic mass is 10.1. The van der Waals surface area contributed by atoms with Crippen LogP contribution in [0, 0.1) is 6.92 Å². The number of allylic oxidation sites excluding steroid dienone is 1. The molecule has 5 heteroatoms. The van der Waals surface area contributed by atoms with E-state index >= 15 is 0 Å². The molecule has 2 unspecified atom stereocenters. The summed E-state index contributed by atoms with van der Waals surface area (Å²) < 4.78 is 27.0. The van der Waals surface area contributed by atoms with Crippen LogP contribution in [0.25, 0.3) is 0 Å². The van der Waals surface area contributed by atoms with Crippen LogP contribution in [0.5, 0.6) is 0 Å². The van der Waals surface area contributed by atoms with Gasteiger partial charge in [-0.05, 0) is 44.4 Å². The molecule has 0 spiro atoms. The van der Waals surface area contributed by atoms with E-state index in [1.807, 2.05) is 6.92 Å². The Hall–Kier alpha value is -0.440. The topological polar surface area (TPSA) is 12.0 Å². The number of thioether (sulfide) groups is 1. The molecule has 1 aliphatic heterocycles.